The first-order chi connectivity index (χ1) is 8.52. The smallest absolute Gasteiger partial charge is 0.310 e. The molecule has 2 fully saturated rings. The molecule has 2 rings (SSSR count). The maximum Gasteiger partial charge on any atom is 0.310 e. The van der Waals surface area contributed by atoms with E-state index >= 15 is 0 Å². The van der Waals surface area contributed by atoms with Crippen molar-refractivity contribution in [2.45, 2.75) is 43.7 Å². The highest BCUT2D eigenvalue weighted by atomic mass is 16.5. The molecule has 1 aliphatic heterocycles. The minimum absolute atomic E-state index is 0.117. The van der Waals surface area contributed by atoms with Gasteiger partial charge in [0.15, 0.2) is 0 Å². The topological polar surface area (TPSA) is 70.0 Å². The first-order valence-electron chi connectivity index (χ1n) is 6.75. The standard InChI is InChI=1S/C13H23NO4/c1-14(9-13(17)5-3-2-4-6-13)11-8-18-7-10(11)12(15)16/h10-11,17H,2-9H2,1H3,(H,15,16). The van der Waals surface area contributed by atoms with Crippen molar-refractivity contribution in [1.82, 2.24) is 4.90 Å². The van der Waals surface area contributed by atoms with Gasteiger partial charge in [0.05, 0.1) is 24.7 Å². The third-order valence-electron chi connectivity index (χ3n) is 4.26. The maximum atomic E-state index is 11.1. The van der Waals surface area contributed by atoms with E-state index in [1.807, 2.05) is 11.9 Å². The van der Waals surface area contributed by atoms with Crippen molar-refractivity contribution in [3.05, 3.63) is 0 Å². The lowest BCUT2D eigenvalue weighted by Crippen LogP contribution is -2.49. The van der Waals surface area contributed by atoms with Crippen molar-refractivity contribution in [3.63, 3.8) is 0 Å². The summed E-state index contributed by atoms with van der Waals surface area (Å²) < 4.78 is 5.27. The SMILES string of the molecule is CN(CC1(O)CCCCC1)C1COCC1C(=O)O. The van der Waals surface area contributed by atoms with Crippen molar-refractivity contribution in [3.8, 4) is 0 Å². The fraction of sp³-hybridized carbons (Fsp3) is 0.923. The number of carboxylic acid groups (broad SMARTS) is 1. The van der Waals surface area contributed by atoms with E-state index in [9.17, 15) is 9.90 Å². The molecule has 1 saturated carbocycles. The minimum atomic E-state index is -0.806. The molecule has 0 radical (unpaired) electrons. The predicted octanol–water partition coefficient (Wildman–Crippen LogP) is 0.713. The second kappa shape index (κ2) is 5.55. The number of aliphatic hydroxyl groups is 1. The van der Waals surface area contributed by atoms with Crippen LogP contribution >= 0.6 is 0 Å². The summed E-state index contributed by atoms with van der Waals surface area (Å²) in [6.45, 7) is 1.27. The Morgan fingerprint density at radius 2 is 2.00 bits per heavy atom. The molecular weight excluding hydrogens is 234 g/mol. The fourth-order valence-corrected chi connectivity index (χ4v) is 3.16. The zero-order chi connectivity index (χ0) is 13.2. The summed E-state index contributed by atoms with van der Waals surface area (Å²) in [6, 6.07) is -0.117. The summed E-state index contributed by atoms with van der Waals surface area (Å²) in [5.41, 5.74) is -0.640. The molecule has 1 aliphatic carbocycles. The highest BCUT2D eigenvalue weighted by Gasteiger charge is 2.39. The van der Waals surface area contributed by atoms with Crippen LogP contribution in [0.1, 0.15) is 32.1 Å². The monoisotopic (exact) mass is 257 g/mol. The molecule has 0 aromatic carbocycles. The normalized spacial score (nSPS) is 31.7. The lowest BCUT2D eigenvalue weighted by Gasteiger charge is -2.38. The summed E-state index contributed by atoms with van der Waals surface area (Å²) in [7, 11) is 1.89. The summed E-state index contributed by atoms with van der Waals surface area (Å²) in [6.07, 6.45) is 4.96. The van der Waals surface area contributed by atoms with E-state index in [2.05, 4.69) is 0 Å². The Hall–Kier alpha value is -0.650. The highest BCUT2D eigenvalue weighted by Crippen LogP contribution is 2.30. The van der Waals surface area contributed by atoms with Crippen molar-refractivity contribution < 1.29 is 19.7 Å². The number of likely N-dealkylation sites (N-methyl/N-ethyl adjacent to an activating group) is 1. The maximum absolute atomic E-state index is 11.1. The molecule has 5 heteroatoms. The molecule has 0 amide bonds. The number of hydrogen-bond acceptors (Lipinski definition) is 4. The van der Waals surface area contributed by atoms with Gasteiger partial charge >= 0.3 is 5.97 Å². The summed E-state index contributed by atoms with van der Waals surface area (Å²) >= 11 is 0. The molecule has 2 atom stereocenters. The Kier molecular flexibility index (Phi) is 4.25. The van der Waals surface area contributed by atoms with Gasteiger partial charge in [-0.05, 0) is 19.9 Å². The van der Waals surface area contributed by atoms with Crippen LogP contribution in [0.2, 0.25) is 0 Å². The Morgan fingerprint density at radius 1 is 1.33 bits per heavy atom. The van der Waals surface area contributed by atoms with E-state index in [1.54, 1.807) is 0 Å². The van der Waals surface area contributed by atoms with Gasteiger partial charge in [0, 0.05) is 12.6 Å². The number of carboxylic acids is 1. The fourth-order valence-electron chi connectivity index (χ4n) is 3.16. The molecular formula is C13H23NO4. The molecule has 18 heavy (non-hydrogen) atoms. The van der Waals surface area contributed by atoms with Crippen molar-refractivity contribution in [2.75, 3.05) is 26.8 Å². The molecule has 0 aromatic heterocycles. The van der Waals surface area contributed by atoms with E-state index < -0.39 is 17.5 Å². The number of carbonyl (C=O) groups is 1. The van der Waals surface area contributed by atoms with Crippen molar-refractivity contribution >= 4 is 5.97 Å². The van der Waals surface area contributed by atoms with Crippen LogP contribution in [-0.4, -0.2) is 59.5 Å². The van der Waals surface area contributed by atoms with Gasteiger partial charge in [-0.2, -0.15) is 0 Å². The molecule has 2 N–H and O–H groups in total. The van der Waals surface area contributed by atoms with Gasteiger partial charge in [0.2, 0.25) is 0 Å². The van der Waals surface area contributed by atoms with E-state index in [1.165, 1.54) is 6.42 Å². The van der Waals surface area contributed by atoms with Gasteiger partial charge in [-0.3, -0.25) is 9.69 Å². The average molecular weight is 257 g/mol. The summed E-state index contributed by atoms with van der Waals surface area (Å²) in [5, 5.41) is 19.6. The summed E-state index contributed by atoms with van der Waals surface area (Å²) in [5.74, 6) is -1.28. The molecule has 0 spiro atoms. The molecule has 2 aliphatic rings. The largest absolute Gasteiger partial charge is 0.481 e. The molecule has 2 unspecified atom stereocenters. The quantitative estimate of drug-likeness (QED) is 0.776. The number of ether oxygens (including phenoxy) is 1. The minimum Gasteiger partial charge on any atom is -0.481 e. The lowest BCUT2D eigenvalue weighted by molar-refractivity contribution is -0.143. The third kappa shape index (κ3) is 3.02. The lowest BCUT2D eigenvalue weighted by atomic mass is 9.84. The van der Waals surface area contributed by atoms with Gasteiger partial charge in [-0.15, -0.1) is 0 Å². The second-order valence-electron chi connectivity index (χ2n) is 5.75. The molecule has 0 aromatic rings. The van der Waals surface area contributed by atoms with Gasteiger partial charge in [-0.25, -0.2) is 0 Å². The Balaban J connectivity index is 1.94. The zero-order valence-electron chi connectivity index (χ0n) is 11.0. The van der Waals surface area contributed by atoms with Gasteiger partial charge < -0.3 is 14.9 Å². The first kappa shape index (κ1) is 13.8. The summed E-state index contributed by atoms with van der Waals surface area (Å²) in [4.78, 5) is 13.1. The van der Waals surface area contributed by atoms with E-state index in [0.717, 1.165) is 25.7 Å². The van der Waals surface area contributed by atoms with E-state index in [0.29, 0.717) is 13.2 Å². The molecule has 104 valence electrons. The Bertz CT molecular complexity index is 301. The van der Waals surface area contributed by atoms with Gasteiger partial charge in [0.1, 0.15) is 0 Å². The van der Waals surface area contributed by atoms with Crippen molar-refractivity contribution in [1.29, 1.82) is 0 Å². The number of aliphatic carboxylic acids is 1. The first-order valence-corrected chi connectivity index (χ1v) is 6.75. The predicted molar refractivity (Wildman–Crippen MR) is 66.4 cm³/mol. The van der Waals surface area contributed by atoms with Crippen LogP contribution in [0, 0.1) is 5.92 Å². The van der Waals surface area contributed by atoms with Crippen LogP contribution in [0.25, 0.3) is 0 Å². The van der Waals surface area contributed by atoms with Crippen LogP contribution in [0.5, 0.6) is 0 Å². The Labute approximate surface area is 108 Å². The van der Waals surface area contributed by atoms with E-state index in [-0.39, 0.29) is 12.6 Å². The number of hydrogen-bond donors (Lipinski definition) is 2. The van der Waals surface area contributed by atoms with Crippen LogP contribution in [0.4, 0.5) is 0 Å². The van der Waals surface area contributed by atoms with Crippen LogP contribution in [0.3, 0.4) is 0 Å². The van der Waals surface area contributed by atoms with E-state index in [4.69, 9.17) is 9.84 Å². The molecule has 5 nitrogen and oxygen atoms in total. The number of rotatable bonds is 4. The molecule has 1 saturated heterocycles. The van der Waals surface area contributed by atoms with Gasteiger partial charge in [-0.1, -0.05) is 19.3 Å². The number of nitrogens with zero attached hydrogens (tertiary/aromatic N) is 1. The molecule has 1 heterocycles. The van der Waals surface area contributed by atoms with Crippen LogP contribution in [-0.2, 0) is 9.53 Å². The molecule has 0 bridgehead atoms. The Morgan fingerprint density at radius 3 is 2.61 bits per heavy atom. The van der Waals surface area contributed by atoms with Crippen LogP contribution < -0.4 is 0 Å². The second-order valence-corrected chi connectivity index (χ2v) is 5.75. The van der Waals surface area contributed by atoms with Crippen molar-refractivity contribution in [2.24, 2.45) is 5.92 Å². The zero-order valence-corrected chi connectivity index (χ0v) is 11.0. The third-order valence-corrected chi connectivity index (χ3v) is 4.26. The van der Waals surface area contributed by atoms with Gasteiger partial charge in [0.25, 0.3) is 0 Å². The average Bonchev–Trinajstić information content (AvgIpc) is 2.78. The highest BCUT2D eigenvalue weighted by molar-refractivity contribution is 5.71. The van der Waals surface area contributed by atoms with Crippen LogP contribution in [0.15, 0.2) is 0 Å².